The Kier molecular flexibility index (Phi) is 3.67. The van der Waals surface area contributed by atoms with Crippen LogP contribution < -0.4 is 0 Å². The third-order valence-corrected chi connectivity index (χ3v) is 4.61. The number of aromatic nitrogens is 4. The third-order valence-electron chi connectivity index (χ3n) is 3.77. The summed E-state index contributed by atoms with van der Waals surface area (Å²) in [6, 6.07) is 1.60. The summed E-state index contributed by atoms with van der Waals surface area (Å²) in [5.74, 6) is 1.68. The number of carbonyl (C=O) groups excluding carboxylic acids is 1. The number of nitrogens with zero attached hydrogens (tertiary/aromatic N) is 5. The van der Waals surface area contributed by atoms with Gasteiger partial charge in [0, 0.05) is 26.6 Å². The van der Waals surface area contributed by atoms with Gasteiger partial charge in [-0.25, -0.2) is 0 Å². The van der Waals surface area contributed by atoms with E-state index in [9.17, 15) is 4.79 Å². The van der Waals surface area contributed by atoms with Crippen molar-refractivity contribution < 1.29 is 4.79 Å². The molecule has 0 unspecified atom stereocenters. The smallest absolute Gasteiger partial charge is 0.271 e. The van der Waals surface area contributed by atoms with Crippen LogP contribution in [0.4, 0.5) is 0 Å². The van der Waals surface area contributed by atoms with Crippen molar-refractivity contribution in [3.8, 4) is 0 Å². The summed E-state index contributed by atoms with van der Waals surface area (Å²) in [5.41, 5.74) is 0.480. The van der Waals surface area contributed by atoms with Crippen LogP contribution in [-0.2, 0) is 26.6 Å². The molecule has 1 aliphatic heterocycles. The molecule has 0 atom stereocenters. The Morgan fingerprint density at radius 1 is 1.33 bits per heavy atom. The zero-order chi connectivity index (χ0) is 15.1. The average Bonchev–Trinajstić information content (AvgIpc) is 3.02. The maximum atomic E-state index is 12.6. The molecular weight excluding hydrogens is 313 g/mol. The molecule has 3 heterocycles. The molecule has 2 aromatic heterocycles. The van der Waals surface area contributed by atoms with Crippen molar-refractivity contribution in [1.29, 1.82) is 0 Å². The van der Waals surface area contributed by atoms with Crippen LogP contribution in [-0.4, -0.2) is 36.7 Å². The monoisotopic (exact) mass is 327 g/mol. The SMILES string of the molecule is CCc1nnc2n1CCN(C(=O)c1cc(Cl)c(Cl)n1C)C2. The molecule has 0 aliphatic carbocycles. The molecule has 0 N–H and O–H groups in total. The van der Waals surface area contributed by atoms with Crippen LogP contribution in [0.1, 0.15) is 29.1 Å². The molecule has 8 heteroatoms. The Hall–Kier alpha value is -1.53. The lowest BCUT2D eigenvalue weighted by Gasteiger charge is -2.27. The molecule has 112 valence electrons. The summed E-state index contributed by atoms with van der Waals surface area (Å²) in [6.07, 6.45) is 0.837. The molecule has 0 aromatic carbocycles. The standard InChI is InChI=1S/C13H15Cl2N5O/c1-3-10-16-17-11-7-19(4-5-20(10)11)13(21)9-6-8(14)12(15)18(9)2/h6H,3-5,7H2,1-2H3. The highest BCUT2D eigenvalue weighted by molar-refractivity contribution is 6.41. The van der Waals surface area contributed by atoms with Gasteiger partial charge in [0.1, 0.15) is 16.7 Å². The maximum absolute atomic E-state index is 12.6. The van der Waals surface area contributed by atoms with Crippen molar-refractivity contribution in [1.82, 2.24) is 24.2 Å². The minimum absolute atomic E-state index is 0.0985. The third kappa shape index (κ3) is 2.32. The number of hydrogen-bond acceptors (Lipinski definition) is 3. The molecule has 0 bridgehead atoms. The lowest BCUT2D eigenvalue weighted by Crippen LogP contribution is -2.39. The molecule has 1 aliphatic rings. The van der Waals surface area contributed by atoms with Gasteiger partial charge < -0.3 is 14.0 Å². The highest BCUT2D eigenvalue weighted by Gasteiger charge is 2.27. The van der Waals surface area contributed by atoms with E-state index < -0.39 is 0 Å². The first-order chi connectivity index (χ1) is 10.0. The number of amides is 1. The maximum Gasteiger partial charge on any atom is 0.271 e. The summed E-state index contributed by atoms with van der Waals surface area (Å²) in [5, 5.41) is 9.06. The number of halogens is 2. The Morgan fingerprint density at radius 2 is 2.10 bits per heavy atom. The number of fused-ring (bicyclic) bond motifs is 1. The number of hydrogen-bond donors (Lipinski definition) is 0. The summed E-state index contributed by atoms with van der Waals surface area (Å²) < 4.78 is 3.68. The van der Waals surface area contributed by atoms with Crippen molar-refractivity contribution in [2.24, 2.45) is 7.05 Å². The zero-order valence-corrected chi connectivity index (χ0v) is 13.3. The molecule has 0 spiro atoms. The lowest BCUT2D eigenvalue weighted by atomic mass is 10.3. The Balaban J connectivity index is 1.85. The van der Waals surface area contributed by atoms with E-state index >= 15 is 0 Å². The van der Waals surface area contributed by atoms with Crippen LogP contribution in [0.15, 0.2) is 6.07 Å². The molecule has 0 fully saturated rings. The molecule has 0 saturated carbocycles. The van der Waals surface area contributed by atoms with E-state index in [0.29, 0.717) is 35.5 Å². The second-order valence-corrected chi connectivity index (χ2v) is 5.76. The molecule has 2 aromatic rings. The van der Waals surface area contributed by atoms with Gasteiger partial charge in [0.15, 0.2) is 5.82 Å². The first-order valence-electron chi connectivity index (χ1n) is 6.73. The van der Waals surface area contributed by atoms with Crippen molar-refractivity contribution in [2.45, 2.75) is 26.4 Å². The number of carbonyl (C=O) groups is 1. The van der Waals surface area contributed by atoms with Crippen LogP contribution in [0.25, 0.3) is 0 Å². The van der Waals surface area contributed by atoms with Crippen LogP contribution in [0.5, 0.6) is 0 Å². The van der Waals surface area contributed by atoms with Gasteiger partial charge in [0.2, 0.25) is 0 Å². The molecule has 6 nitrogen and oxygen atoms in total. The number of aryl methyl sites for hydroxylation is 1. The fourth-order valence-corrected chi connectivity index (χ4v) is 2.94. The van der Waals surface area contributed by atoms with Gasteiger partial charge in [-0.05, 0) is 6.07 Å². The van der Waals surface area contributed by atoms with Gasteiger partial charge in [0.25, 0.3) is 5.91 Å². The van der Waals surface area contributed by atoms with E-state index in [4.69, 9.17) is 23.2 Å². The van der Waals surface area contributed by atoms with E-state index in [1.807, 2.05) is 6.92 Å². The predicted octanol–water partition coefficient (Wildman–Crippen LogP) is 2.14. The van der Waals surface area contributed by atoms with Crippen LogP contribution >= 0.6 is 23.2 Å². The molecule has 0 saturated heterocycles. The normalized spacial score (nSPS) is 14.4. The predicted molar refractivity (Wildman–Crippen MR) is 79.6 cm³/mol. The fraction of sp³-hybridized carbons (Fsp3) is 0.462. The fourth-order valence-electron chi connectivity index (χ4n) is 2.56. The van der Waals surface area contributed by atoms with Crippen molar-refractivity contribution in [3.05, 3.63) is 33.6 Å². The largest absolute Gasteiger partial charge is 0.329 e. The second kappa shape index (κ2) is 5.35. The molecular formula is C13H15Cl2N5O. The highest BCUT2D eigenvalue weighted by atomic mass is 35.5. The zero-order valence-electron chi connectivity index (χ0n) is 11.8. The summed E-state index contributed by atoms with van der Waals surface area (Å²) in [6.45, 7) is 3.83. The first-order valence-corrected chi connectivity index (χ1v) is 7.49. The van der Waals surface area contributed by atoms with Gasteiger partial charge >= 0.3 is 0 Å². The Bertz CT molecular complexity index is 706. The molecule has 0 radical (unpaired) electrons. The highest BCUT2D eigenvalue weighted by Crippen LogP contribution is 2.26. The van der Waals surface area contributed by atoms with Crippen molar-refractivity contribution in [3.63, 3.8) is 0 Å². The van der Waals surface area contributed by atoms with Gasteiger partial charge in [0.05, 0.1) is 11.6 Å². The Labute approximate surface area is 132 Å². The Morgan fingerprint density at radius 3 is 2.71 bits per heavy atom. The lowest BCUT2D eigenvalue weighted by molar-refractivity contribution is 0.0697. The van der Waals surface area contributed by atoms with Crippen LogP contribution in [0.3, 0.4) is 0 Å². The van der Waals surface area contributed by atoms with Gasteiger partial charge in [-0.1, -0.05) is 30.1 Å². The van der Waals surface area contributed by atoms with E-state index in [2.05, 4.69) is 14.8 Å². The minimum atomic E-state index is -0.0985. The quantitative estimate of drug-likeness (QED) is 0.849. The second-order valence-electron chi connectivity index (χ2n) is 4.99. The average molecular weight is 328 g/mol. The van der Waals surface area contributed by atoms with E-state index in [-0.39, 0.29) is 5.91 Å². The summed E-state index contributed by atoms with van der Waals surface area (Å²) in [4.78, 5) is 14.3. The topological polar surface area (TPSA) is 56.0 Å². The molecule has 3 rings (SSSR count). The van der Waals surface area contributed by atoms with Crippen molar-refractivity contribution >= 4 is 29.1 Å². The van der Waals surface area contributed by atoms with Gasteiger partial charge in [-0.3, -0.25) is 4.79 Å². The minimum Gasteiger partial charge on any atom is -0.329 e. The first kappa shape index (κ1) is 14.4. The summed E-state index contributed by atoms with van der Waals surface area (Å²) in [7, 11) is 1.73. The van der Waals surface area contributed by atoms with Crippen LogP contribution in [0, 0.1) is 0 Å². The van der Waals surface area contributed by atoms with Crippen LogP contribution in [0.2, 0.25) is 10.2 Å². The van der Waals surface area contributed by atoms with E-state index in [1.54, 1.807) is 22.6 Å². The van der Waals surface area contributed by atoms with E-state index in [1.165, 1.54) is 0 Å². The van der Waals surface area contributed by atoms with E-state index in [0.717, 1.165) is 18.1 Å². The number of rotatable bonds is 2. The molecule has 1 amide bonds. The van der Waals surface area contributed by atoms with Crippen molar-refractivity contribution in [2.75, 3.05) is 6.54 Å². The summed E-state index contributed by atoms with van der Waals surface area (Å²) >= 11 is 12.0. The molecule has 21 heavy (non-hydrogen) atoms. The van der Waals surface area contributed by atoms with Gasteiger partial charge in [-0.15, -0.1) is 10.2 Å². The van der Waals surface area contributed by atoms with Gasteiger partial charge in [-0.2, -0.15) is 0 Å².